The van der Waals surface area contributed by atoms with Gasteiger partial charge in [0.25, 0.3) is 10.0 Å². The summed E-state index contributed by atoms with van der Waals surface area (Å²) in [6, 6.07) is 9.49. The van der Waals surface area contributed by atoms with Crippen LogP contribution in [0.4, 0.5) is 18.9 Å². The second kappa shape index (κ2) is 9.47. The molecule has 32 heavy (non-hydrogen) atoms. The summed E-state index contributed by atoms with van der Waals surface area (Å²) in [7, 11) is -4.06. The molecular weight excluding hydrogens is 449 g/mol. The van der Waals surface area contributed by atoms with E-state index in [0.29, 0.717) is 31.5 Å². The molecule has 1 aliphatic heterocycles. The number of β-amino-alcohol motifs (C(OH)–C–C–N with tert-alkyl or cyclic N) is 1. The van der Waals surface area contributed by atoms with Crippen molar-refractivity contribution in [1.82, 2.24) is 4.90 Å². The molecule has 1 fully saturated rings. The van der Waals surface area contributed by atoms with E-state index in [4.69, 9.17) is 0 Å². The van der Waals surface area contributed by atoms with Crippen LogP contribution < -0.4 is 4.72 Å². The van der Waals surface area contributed by atoms with Gasteiger partial charge in [-0.1, -0.05) is 12.1 Å². The number of alkyl halides is 3. The van der Waals surface area contributed by atoms with Crippen LogP contribution in [0, 0.1) is 0 Å². The maximum absolute atomic E-state index is 12.6. The van der Waals surface area contributed by atoms with Gasteiger partial charge in [-0.05, 0) is 54.8 Å². The molecule has 3 N–H and O–H groups in total. The molecule has 2 aromatic rings. The van der Waals surface area contributed by atoms with E-state index in [1.54, 1.807) is 12.1 Å². The Kier molecular flexibility index (Phi) is 7.11. The van der Waals surface area contributed by atoms with Crippen molar-refractivity contribution in [3.8, 4) is 0 Å². The molecule has 0 aromatic heterocycles. The van der Waals surface area contributed by atoms with Crippen molar-refractivity contribution < 1.29 is 36.6 Å². The number of benzene rings is 2. The highest BCUT2D eigenvalue weighted by Crippen LogP contribution is 2.30. The van der Waals surface area contributed by atoms with Crippen LogP contribution >= 0.6 is 0 Å². The van der Waals surface area contributed by atoms with Gasteiger partial charge < -0.3 is 15.1 Å². The number of nitrogens with zero attached hydrogens (tertiary/aromatic N) is 1. The number of carbonyl (C=O) groups excluding carboxylic acids is 1. The van der Waals surface area contributed by atoms with Gasteiger partial charge in [-0.15, -0.1) is 0 Å². The number of halogens is 3. The molecule has 7 nitrogen and oxygen atoms in total. The van der Waals surface area contributed by atoms with E-state index in [2.05, 4.69) is 4.72 Å². The molecular formula is C21H23F3N2O5S. The molecule has 1 aliphatic rings. The van der Waals surface area contributed by atoms with E-state index < -0.39 is 34.0 Å². The molecule has 0 unspecified atom stereocenters. The highest BCUT2D eigenvalue weighted by Gasteiger charge is 2.31. The molecule has 0 radical (unpaired) electrons. The highest BCUT2D eigenvalue weighted by atomic mass is 32.2. The average molecular weight is 472 g/mol. The van der Waals surface area contributed by atoms with Crippen LogP contribution in [0.3, 0.4) is 0 Å². The van der Waals surface area contributed by atoms with E-state index in [1.165, 1.54) is 17.0 Å². The minimum absolute atomic E-state index is 0.0880. The summed E-state index contributed by atoms with van der Waals surface area (Å²) >= 11 is 0. The van der Waals surface area contributed by atoms with Crippen molar-refractivity contribution in [3.05, 3.63) is 59.7 Å². The van der Waals surface area contributed by atoms with Gasteiger partial charge in [0.05, 0.1) is 22.7 Å². The lowest BCUT2D eigenvalue weighted by atomic mass is 10.0. The first kappa shape index (κ1) is 24.0. The standard InChI is InChI=1S/C21H23F3N2O5S/c22-21(23,24)15-4-8-17(9-5-15)32(30,31)25-16-6-1-14(2-7-16)3-10-20(29)26-12-11-18(27)19(28)13-26/h1-2,4-9,18-19,25,27-28H,3,10-13H2/t18-,19+/m0/s1. The Labute approximate surface area is 183 Å². The van der Waals surface area contributed by atoms with E-state index >= 15 is 0 Å². The number of anilines is 1. The Bertz CT molecular complexity index is 1040. The number of aliphatic hydroxyl groups excluding tert-OH is 2. The number of nitrogens with one attached hydrogen (secondary N) is 1. The first-order valence-electron chi connectivity index (χ1n) is 9.88. The lowest BCUT2D eigenvalue weighted by Crippen LogP contribution is -2.49. The van der Waals surface area contributed by atoms with E-state index in [0.717, 1.165) is 17.7 Å². The second-order valence-corrected chi connectivity index (χ2v) is 9.27. The maximum atomic E-state index is 12.6. The minimum Gasteiger partial charge on any atom is -0.390 e. The Morgan fingerprint density at radius 3 is 2.22 bits per heavy atom. The lowest BCUT2D eigenvalue weighted by Gasteiger charge is -2.33. The maximum Gasteiger partial charge on any atom is 0.416 e. The van der Waals surface area contributed by atoms with Crippen molar-refractivity contribution in [2.75, 3.05) is 17.8 Å². The number of hydrogen-bond acceptors (Lipinski definition) is 5. The number of likely N-dealkylation sites (tertiary alicyclic amines) is 1. The summed E-state index contributed by atoms with van der Waals surface area (Å²) in [6.45, 7) is 0.465. The molecule has 0 saturated carbocycles. The van der Waals surface area contributed by atoms with Gasteiger partial charge in [0.15, 0.2) is 0 Å². The monoisotopic (exact) mass is 472 g/mol. The van der Waals surface area contributed by atoms with Crippen LogP contribution in [0.25, 0.3) is 0 Å². The Morgan fingerprint density at radius 2 is 1.66 bits per heavy atom. The summed E-state index contributed by atoms with van der Waals surface area (Å²) in [6.07, 6.45) is -5.41. The molecule has 11 heteroatoms. The van der Waals surface area contributed by atoms with Crippen LogP contribution in [-0.2, 0) is 27.4 Å². The van der Waals surface area contributed by atoms with Crippen LogP contribution in [0.5, 0.6) is 0 Å². The van der Waals surface area contributed by atoms with Crippen molar-refractivity contribution in [2.45, 2.75) is 42.5 Å². The number of rotatable bonds is 6. The van der Waals surface area contributed by atoms with Crippen molar-refractivity contribution in [1.29, 1.82) is 0 Å². The van der Waals surface area contributed by atoms with Crippen molar-refractivity contribution in [3.63, 3.8) is 0 Å². The van der Waals surface area contributed by atoms with E-state index in [-0.39, 0.29) is 29.5 Å². The zero-order valence-corrected chi connectivity index (χ0v) is 17.7. The third-order valence-electron chi connectivity index (χ3n) is 5.22. The molecule has 0 spiro atoms. The van der Waals surface area contributed by atoms with Gasteiger partial charge in [0, 0.05) is 25.2 Å². The van der Waals surface area contributed by atoms with Gasteiger partial charge >= 0.3 is 6.18 Å². The predicted octanol–water partition coefficient (Wildman–Crippen LogP) is 2.39. The number of sulfonamides is 1. The number of amides is 1. The summed E-state index contributed by atoms with van der Waals surface area (Å²) in [5, 5.41) is 19.2. The number of piperidine rings is 1. The smallest absolute Gasteiger partial charge is 0.390 e. The van der Waals surface area contributed by atoms with Crippen LogP contribution in [0.1, 0.15) is 24.0 Å². The quantitative estimate of drug-likeness (QED) is 0.599. The fourth-order valence-corrected chi connectivity index (χ4v) is 4.39. The zero-order chi connectivity index (χ0) is 23.5. The van der Waals surface area contributed by atoms with E-state index in [1.807, 2.05) is 0 Å². The molecule has 1 saturated heterocycles. The third kappa shape index (κ3) is 5.99. The molecule has 3 rings (SSSR count). The first-order valence-corrected chi connectivity index (χ1v) is 11.4. The van der Waals surface area contributed by atoms with Crippen molar-refractivity contribution >= 4 is 21.6 Å². The largest absolute Gasteiger partial charge is 0.416 e. The number of aryl methyl sites for hydroxylation is 1. The van der Waals surface area contributed by atoms with Gasteiger partial charge in [-0.25, -0.2) is 8.42 Å². The van der Waals surface area contributed by atoms with Crippen LogP contribution in [0.15, 0.2) is 53.4 Å². The summed E-state index contributed by atoms with van der Waals surface area (Å²) < 4.78 is 65.0. The zero-order valence-electron chi connectivity index (χ0n) is 16.9. The SMILES string of the molecule is O=C(CCc1ccc(NS(=O)(=O)c2ccc(C(F)(F)F)cc2)cc1)N1CC[C@H](O)[C@H](O)C1. The fraction of sp³-hybridized carbons (Fsp3) is 0.381. The average Bonchev–Trinajstić information content (AvgIpc) is 2.74. The predicted molar refractivity (Wildman–Crippen MR) is 110 cm³/mol. The summed E-state index contributed by atoms with van der Waals surface area (Å²) in [5.41, 5.74) is 0.0760. The minimum atomic E-state index is -4.55. The summed E-state index contributed by atoms with van der Waals surface area (Å²) in [5.74, 6) is -0.150. The number of hydrogen-bond donors (Lipinski definition) is 3. The van der Waals surface area contributed by atoms with E-state index in [9.17, 15) is 36.6 Å². The van der Waals surface area contributed by atoms with Crippen LogP contribution in [-0.4, -0.2) is 54.7 Å². The normalized spacial score (nSPS) is 19.6. The molecule has 0 bridgehead atoms. The van der Waals surface area contributed by atoms with Gasteiger partial charge in [-0.3, -0.25) is 9.52 Å². The first-order chi connectivity index (χ1) is 15.0. The Morgan fingerprint density at radius 1 is 1.03 bits per heavy atom. The molecule has 2 atom stereocenters. The Hall–Kier alpha value is -2.63. The molecule has 0 aliphatic carbocycles. The highest BCUT2D eigenvalue weighted by molar-refractivity contribution is 7.92. The number of carbonyl (C=O) groups is 1. The molecule has 174 valence electrons. The molecule has 1 heterocycles. The molecule has 1 amide bonds. The Balaban J connectivity index is 1.56. The molecule has 2 aromatic carbocycles. The van der Waals surface area contributed by atoms with Gasteiger partial charge in [-0.2, -0.15) is 13.2 Å². The third-order valence-corrected chi connectivity index (χ3v) is 6.62. The summed E-state index contributed by atoms with van der Waals surface area (Å²) in [4.78, 5) is 13.5. The van der Waals surface area contributed by atoms with Crippen LogP contribution in [0.2, 0.25) is 0 Å². The topological polar surface area (TPSA) is 107 Å². The fourth-order valence-electron chi connectivity index (χ4n) is 3.33. The lowest BCUT2D eigenvalue weighted by molar-refractivity contribution is -0.138. The second-order valence-electron chi connectivity index (χ2n) is 7.59. The van der Waals surface area contributed by atoms with Gasteiger partial charge in [0.2, 0.25) is 5.91 Å². The van der Waals surface area contributed by atoms with Gasteiger partial charge in [0.1, 0.15) is 0 Å². The number of aliphatic hydroxyl groups is 2. The van der Waals surface area contributed by atoms with Crippen molar-refractivity contribution in [2.24, 2.45) is 0 Å².